The number of amides is 1. The van der Waals surface area contributed by atoms with Gasteiger partial charge in [0.25, 0.3) is 5.91 Å². The first-order valence-electron chi connectivity index (χ1n) is 9.09. The molecule has 1 fully saturated rings. The van der Waals surface area contributed by atoms with Gasteiger partial charge in [-0.3, -0.25) is 9.36 Å². The summed E-state index contributed by atoms with van der Waals surface area (Å²) in [5, 5.41) is 3.16. The van der Waals surface area contributed by atoms with E-state index in [4.69, 9.17) is 4.74 Å². The van der Waals surface area contributed by atoms with Crippen LogP contribution in [-0.4, -0.2) is 39.7 Å². The second-order valence-corrected chi connectivity index (χ2v) is 6.98. The normalized spacial score (nSPS) is 22.6. The number of hydrogen-bond acceptors (Lipinski definition) is 4. The zero-order valence-electron chi connectivity index (χ0n) is 14.6. The van der Waals surface area contributed by atoms with Crippen molar-refractivity contribution in [2.24, 2.45) is 0 Å². The summed E-state index contributed by atoms with van der Waals surface area (Å²) >= 11 is 0. The van der Waals surface area contributed by atoms with E-state index in [1.54, 1.807) is 19.6 Å². The van der Waals surface area contributed by atoms with Crippen LogP contribution in [-0.2, 0) is 17.6 Å². The molecule has 2 aromatic rings. The van der Waals surface area contributed by atoms with E-state index in [2.05, 4.69) is 15.3 Å². The molecule has 0 aromatic carbocycles. The molecular weight excluding hydrogens is 316 g/mol. The van der Waals surface area contributed by atoms with E-state index in [0.717, 1.165) is 50.8 Å². The molecule has 0 saturated heterocycles. The van der Waals surface area contributed by atoms with Crippen LogP contribution < -0.4 is 5.32 Å². The van der Waals surface area contributed by atoms with E-state index < -0.39 is 0 Å². The number of methoxy groups -OCH3 is 1. The number of nitrogens with one attached hydrogen (secondary N) is 1. The van der Waals surface area contributed by atoms with Gasteiger partial charge in [-0.2, -0.15) is 0 Å². The number of rotatable bonds is 4. The first-order chi connectivity index (χ1) is 12.2. The molecule has 2 aliphatic carbocycles. The van der Waals surface area contributed by atoms with Gasteiger partial charge < -0.3 is 10.1 Å². The Morgan fingerprint density at radius 1 is 1.28 bits per heavy atom. The second kappa shape index (κ2) is 6.96. The standard InChI is InChI=1S/C19H24N4O2/c1-25-15-7-5-14(6-8-15)21-19(24)17-11-13-3-2-4-16(13)18(22-17)23-10-9-20-12-23/h9-12,14-15H,2-8H2,1H3,(H,21,24). The van der Waals surface area contributed by atoms with Crippen molar-refractivity contribution in [3.8, 4) is 5.82 Å². The van der Waals surface area contributed by atoms with Crippen LogP contribution in [0.4, 0.5) is 0 Å². The Bertz CT molecular complexity index is 749. The molecule has 6 nitrogen and oxygen atoms in total. The fourth-order valence-corrected chi connectivity index (χ4v) is 3.98. The van der Waals surface area contributed by atoms with E-state index in [0.29, 0.717) is 11.8 Å². The molecule has 1 amide bonds. The number of hydrogen-bond donors (Lipinski definition) is 1. The fourth-order valence-electron chi connectivity index (χ4n) is 3.98. The predicted octanol–water partition coefficient (Wildman–Crippen LogP) is 2.44. The Hall–Kier alpha value is -2.21. The zero-order chi connectivity index (χ0) is 17.2. The first kappa shape index (κ1) is 16.3. The van der Waals surface area contributed by atoms with Crippen molar-refractivity contribution in [2.45, 2.75) is 57.1 Å². The van der Waals surface area contributed by atoms with Gasteiger partial charge >= 0.3 is 0 Å². The number of aromatic nitrogens is 3. The Balaban J connectivity index is 1.54. The van der Waals surface area contributed by atoms with Crippen LogP contribution in [0.3, 0.4) is 0 Å². The van der Waals surface area contributed by atoms with Gasteiger partial charge in [0.2, 0.25) is 0 Å². The van der Waals surface area contributed by atoms with E-state index >= 15 is 0 Å². The molecule has 0 atom stereocenters. The molecule has 0 radical (unpaired) electrons. The molecule has 0 spiro atoms. The number of imidazole rings is 1. The predicted molar refractivity (Wildman–Crippen MR) is 93.9 cm³/mol. The highest BCUT2D eigenvalue weighted by Crippen LogP contribution is 2.28. The molecule has 6 heteroatoms. The monoisotopic (exact) mass is 340 g/mol. The molecular formula is C19H24N4O2. The lowest BCUT2D eigenvalue weighted by Crippen LogP contribution is -2.39. The summed E-state index contributed by atoms with van der Waals surface area (Å²) in [6, 6.07) is 2.18. The topological polar surface area (TPSA) is 69.0 Å². The number of pyridine rings is 1. The number of ether oxygens (including phenoxy) is 1. The van der Waals surface area contributed by atoms with Crippen molar-refractivity contribution in [3.05, 3.63) is 41.6 Å². The number of carbonyl (C=O) groups excluding carboxylic acids is 1. The Morgan fingerprint density at radius 2 is 2.12 bits per heavy atom. The van der Waals surface area contributed by atoms with Gasteiger partial charge in [0.05, 0.1) is 6.10 Å². The largest absolute Gasteiger partial charge is 0.381 e. The molecule has 1 saturated carbocycles. The molecule has 132 valence electrons. The lowest BCUT2D eigenvalue weighted by Gasteiger charge is -2.28. The van der Waals surface area contributed by atoms with Crippen LogP contribution in [0.25, 0.3) is 5.82 Å². The SMILES string of the molecule is COC1CCC(NC(=O)c2cc3c(c(-n4ccnc4)n2)CCC3)CC1. The second-order valence-electron chi connectivity index (χ2n) is 6.98. The molecule has 2 heterocycles. The Morgan fingerprint density at radius 3 is 2.84 bits per heavy atom. The van der Waals surface area contributed by atoms with Gasteiger partial charge in [-0.05, 0) is 62.1 Å². The minimum Gasteiger partial charge on any atom is -0.381 e. The summed E-state index contributed by atoms with van der Waals surface area (Å²) in [6.45, 7) is 0. The lowest BCUT2D eigenvalue weighted by atomic mass is 9.93. The quantitative estimate of drug-likeness (QED) is 0.928. The third-order valence-electron chi connectivity index (χ3n) is 5.39. The van der Waals surface area contributed by atoms with Gasteiger partial charge in [-0.1, -0.05) is 0 Å². The van der Waals surface area contributed by atoms with Gasteiger partial charge in [-0.25, -0.2) is 9.97 Å². The zero-order valence-corrected chi connectivity index (χ0v) is 14.6. The van der Waals surface area contributed by atoms with E-state index in [1.165, 1.54) is 11.1 Å². The van der Waals surface area contributed by atoms with Gasteiger partial charge in [0.15, 0.2) is 0 Å². The highest BCUT2D eigenvalue weighted by molar-refractivity contribution is 5.93. The minimum absolute atomic E-state index is 0.0723. The van der Waals surface area contributed by atoms with E-state index in [9.17, 15) is 4.79 Å². The smallest absolute Gasteiger partial charge is 0.270 e. The third kappa shape index (κ3) is 3.31. The van der Waals surface area contributed by atoms with Crippen molar-refractivity contribution in [1.82, 2.24) is 19.9 Å². The molecule has 4 rings (SSSR count). The summed E-state index contributed by atoms with van der Waals surface area (Å²) in [4.78, 5) is 21.5. The fraction of sp³-hybridized carbons (Fsp3) is 0.526. The minimum atomic E-state index is -0.0723. The number of nitrogens with zero attached hydrogens (tertiary/aromatic N) is 3. The summed E-state index contributed by atoms with van der Waals surface area (Å²) in [6.07, 6.45) is 12.8. The highest BCUT2D eigenvalue weighted by atomic mass is 16.5. The van der Waals surface area contributed by atoms with E-state index in [1.807, 2.05) is 16.8 Å². The highest BCUT2D eigenvalue weighted by Gasteiger charge is 2.25. The third-order valence-corrected chi connectivity index (χ3v) is 5.39. The summed E-state index contributed by atoms with van der Waals surface area (Å²) < 4.78 is 7.31. The average molecular weight is 340 g/mol. The van der Waals surface area contributed by atoms with Crippen LogP contribution in [0.2, 0.25) is 0 Å². The van der Waals surface area contributed by atoms with Crippen LogP contribution in [0.1, 0.15) is 53.7 Å². The van der Waals surface area contributed by atoms with Gasteiger partial charge in [0.1, 0.15) is 17.8 Å². The van der Waals surface area contributed by atoms with Crippen molar-refractivity contribution in [1.29, 1.82) is 0 Å². The molecule has 25 heavy (non-hydrogen) atoms. The summed E-state index contributed by atoms with van der Waals surface area (Å²) in [5.74, 6) is 0.776. The van der Waals surface area contributed by atoms with E-state index in [-0.39, 0.29) is 11.9 Å². The van der Waals surface area contributed by atoms with Crippen LogP contribution in [0, 0.1) is 0 Å². The molecule has 2 aromatic heterocycles. The van der Waals surface area contributed by atoms with Crippen molar-refractivity contribution in [2.75, 3.05) is 7.11 Å². The molecule has 0 aliphatic heterocycles. The Kier molecular flexibility index (Phi) is 4.53. The summed E-state index contributed by atoms with van der Waals surface area (Å²) in [7, 11) is 1.76. The molecule has 2 aliphatic rings. The van der Waals surface area contributed by atoms with Gasteiger partial charge in [0, 0.05) is 25.5 Å². The van der Waals surface area contributed by atoms with Crippen LogP contribution in [0.15, 0.2) is 24.8 Å². The molecule has 1 N–H and O–H groups in total. The van der Waals surface area contributed by atoms with Crippen LogP contribution in [0.5, 0.6) is 0 Å². The Labute approximate surface area is 147 Å². The van der Waals surface area contributed by atoms with Crippen molar-refractivity contribution < 1.29 is 9.53 Å². The molecule has 0 bridgehead atoms. The lowest BCUT2D eigenvalue weighted by molar-refractivity contribution is 0.0598. The maximum absolute atomic E-state index is 12.8. The van der Waals surface area contributed by atoms with Gasteiger partial charge in [-0.15, -0.1) is 0 Å². The van der Waals surface area contributed by atoms with Crippen LogP contribution >= 0.6 is 0 Å². The first-order valence-corrected chi connectivity index (χ1v) is 9.09. The number of aryl methyl sites for hydroxylation is 1. The molecule has 0 unspecified atom stereocenters. The number of carbonyl (C=O) groups is 1. The maximum Gasteiger partial charge on any atom is 0.270 e. The summed E-state index contributed by atoms with van der Waals surface area (Å²) in [5.41, 5.74) is 3.00. The maximum atomic E-state index is 12.8. The van der Waals surface area contributed by atoms with Crippen molar-refractivity contribution >= 4 is 5.91 Å². The number of fused-ring (bicyclic) bond motifs is 1. The van der Waals surface area contributed by atoms with Crippen molar-refractivity contribution in [3.63, 3.8) is 0 Å². The average Bonchev–Trinajstić information content (AvgIpc) is 3.33.